The number of nitrogens with one attached hydrogen (secondary N) is 2. The molecule has 0 aromatic carbocycles. The van der Waals surface area contributed by atoms with Gasteiger partial charge in [0.05, 0.1) is 11.5 Å². The van der Waals surface area contributed by atoms with Crippen molar-refractivity contribution >= 4 is 5.84 Å². The SMILES string of the molecule is Cc1[nH]nc(C2CCC2)c1CCC(=N)N. The van der Waals surface area contributed by atoms with Crippen LogP contribution in [-0.2, 0) is 6.42 Å². The molecule has 1 aliphatic rings. The van der Waals surface area contributed by atoms with Gasteiger partial charge in [-0.25, -0.2) is 0 Å². The van der Waals surface area contributed by atoms with Crippen molar-refractivity contribution in [1.29, 1.82) is 5.41 Å². The van der Waals surface area contributed by atoms with Crippen LogP contribution in [0.2, 0.25) is 0 Å². The molecule has 1 heterocycles. The molecule has 4 nitrogen and oxygen atoms in total. The Balaban J connectivity index is 2.12. The van der Waals surface area contributed by atoms with Crippen molar-refractivity contribution in [2.24, 2.45) is 5.73 Å². The zero-order valence-electron chi connectivity index (χ0n) is 9.14. The summed E-state index contributed by atoms with van der Waals surface area (Å²) < 4.78 is 0. The third-order valence-electron chi connectivity index (χ3n) is 3.24. The smallest absolute Gasteiger partial charge is 0.0908 e. The van der Waals surface area contributed by atoms with E-state index in [9.17, 15) is 0 Å². The van der Waals surface area contributed by atoms with E-state index < -0.39 is 0 Å². The molecule has 0 unspecified atom stereocenters. The number of rotatable bonds is 4. The number of amidine groups is 1. The van der Waals surface area contributed by atoms with Gasteiger partial charge in [0.2, 0.25) is 0 Å². The molecule has 4 N–H and O–H groups in total. The predicted octanol–water partition coefficient (Wildman–Crippen LogP) is 1.85. The summed E-state index contributed by atoms with van der Waals surface area (Å²) in [6, 6.07) is 0. The predicted molar refractivity (Wildman–Crippen MR) is 60.2 cm³/mol. The van der Waals surface area contributed by atoms with Gasteiger partial charge in [-0.05, 0) is 31.7 Å². The molecule has 1 fully saturated rings. The minimum absolute atomic E-state index is 0.259. The normalized spacial score (nSPS) is 16.3. The Bertz CT molecular complexity index is 363. The fourth-order valence-electron chi connectivity index (χ4n) is 2.07. The molecular weight excluding hydrogens is 188 g/mol. The standard InChI is InChI=1S/C11H18N4/c1-7-9(5-6-10(12)13)11(15-14-7)8-3-2-4-8/h8H,2-6H2,1H3,(H3,12,13)(H,14,15). The van der Waals surface area contributed by atoms with Crippen molar-refractivity contribution in [2.75, 3.05) is 0 Å². The summed E-state index contributed by atoms with van der Waals surface area (Å²) in [6.07, 6.45) is 5.33. The lowest BCUT2D eigenvalue weighted by Crippen LogP contribution is -2.14. The molecule has 0 atom stereocenters. The van der Waals surface area contributed by atoms with Gasteiger partial charge in [-0.3, -0.25) is 10.5 Å². The summed E-state index contributed by atoms with van der Waals surface area (Å²) >= 11 is 0. The quantitative estimate of drug-likeness (QED) is 0.519. The number of nitrogens with zero attached hydrogens (tertiary/aromatic N) is 1. The Morgan fingerprint density at radius 3 is 2.87 bits per heavy atom. The number of H-pyrrole nitrogens is 1. The van der Waals surface area contributed by atoms with Crippen LogP contribution in [0.25, 0.3) is 0 Å². The highest BCUT2D eigenvalue weighted by atomic mass is 15.1. The molecule has 0 spiro atoms. The van der Waals surface area contributed by atoms with E-state index in [1.165, 1.54) is 30.5 Å². The van der Waals surface area contributed by atoms with Crippen molar-refractivity contribution in [3.63, 3.8) is 0 Å². The maximum Gasteiger partial charge on any atom is 0.0908 e. The average Bonchev–Trinajstić information content (AvgIpc) is 2.42. The third kappa shape index (κ3) is 2.03. The fourth-order valence-corrected chi connectivity index (χ4v) is 2.07. The molecule has 4 heteroatoms. The molecule has 2 rings (SSSR count). The van der Waals surface area contributed by atoms with Gasteiger partial charge in [0, 0.05) is 18.0 Å². The van der Waals surface area contributed by atoms with E-state index in [-0.39, 0.29) is 5.84 Å². The minimum atomic E-state index is 0.259. The van der Waals surface area contributed by atoms with Crippen LogP contribution in [-0.4, -0.2) is 16.0 Å². The third-order valence-corrected chi connectivity index (χ3v) is 3.24. The largest absolute Gasteiger partial charge is 0.388 e. The first kappa shape index (κ1) is 10.2. The van der Waals surface area contributed by atoms with Crippen molar-refractivity contribution in [2.45, 2.75) is 44.9 Å². The highest BCUT2D eigenvalue weighted by Crippen LogP contribution is 2.37. The lowest BCUT2D eigenvalue weighted by Gasteiger charge is -2.24. The molecule has 15 heavy (non-hydrogen) atoms. The molecule has 1 aliphatic carbocycles. The van der Waals surface area contributed by atoms with Crippen LogP contribution < -0.4 is 5.73 Å². The summed E-state index contributed by atoms with van der Waals surface area (Å²) in [4.78, 5) is 0. The van der Waals surface area contributed by atoms with Gasteiger partial charge in [0.1, 0.15) is 0 Å². The highest BCUT2D eigenvalue weighted by molar-refractivity contribution is 5.77. The zero-order valence-corrected chi connectivity index (χ0v) is 9.14. The lowest BCUT2D eigenvalue weighted by molar-refractivity contribution is 0.408. The highest BCUT2D eigenvalue weighted by Gasteiger charge is 2.25. The van der Waals surface area contributed by atoms with Crippen molar-refractivity contribution in [1.82, 2.24) is 10.2 Å². The second kappa shape index (κ2) is 4.04. The van der Waals surface area contributed by atoms with Crippen LogP contribution in [0, 0.1) is 12.3 Å². The molecule has 0 aliphatic heterocycles. The fraction of sp³-hybridized carbons (Fsp3) is 0.636. The molecule has 82 valence electrons. The van der Waals surface area contributed by atoms with E-state index in [0.717, 1.165) is 12.1 Å². The van der Waals surface area contributed by atoms with Gasteiger partial charge in [0.15, 0.2) is 0 Å². The summed E-state index contributed by atoms with van der Waals surface area (Å²) in [5.41, 5.74) is 9.03. The minimum Gasteiger partial charge on any atom is -0.388 e. The van der Waals surface area contributed by atoms with Crippen molar-refractivity contribution in [3.8, 4) is 0 Å². The lowest BCUT2D eigenvalue weighted by atomic mass is 9.81. The Morgan fingerprint density at radius 2 is 2.33 bits per heavy atom. The van der Waals surface area contributed by atoms with Crippen LogP contribution >= 0.6 is 0 Å². The zero-order chi connectivity index (χ0) is 10.8. The summed E-state index contributed by atoms with van der Waals surface area (Å²) in [7, 11) is 0. The molecule has 1 aromatic rings. The second-order valence-electron chi connectivity index (χ2n) is 4.37. The number of aryl methyl sites for hydroxylation is 1. The Labute approximate surface area is 89.8 Å². The summed E-state index contributed by atoms with van der Waals surface area (Å²) in [6.45, 7) is 2.05. The molecular formula is C11H18N4. The number of aromatic amines is 1. The van der Waals surface area contributed by atoms with Crippen LogP contribution in [0.3, 0.4) is 0 Å². The first-order valence-corrected chi connectivity index (χ1v) is 5.55. The number of nitrogens with two attached hydrogens (primary N) is 1. The van der Waals surface area contributed by atoms with Gasteiger partial charge in [-0.1, -0.05) is 6.42 Å². The van der Waals surface area contributed by atoms with Gasteiger partial charge in [-0.2, -0.15) is 5.10 Å². The van der Waals surface area contributed by atoms with Crippen molar-refractivity contribution in [3.05, 3.63) is 17.0 Å². The summed E-state index contributed by atoms with van der Waals surface area (Å²) in [5, 5.41) is 14.7. The van der Waals surface area contributed by atoms with E-state index in [0.29, 0.717) is 12.3 Å². The molecule has 1 saturated carbocycles. The average molecular weight is 206 g/mol. The number of hydrogen-bond donors (Lipinski definition) is 3. The van der Waals surface area contributed by atoms with E-state index in [1.54, 1.807) is 0 Å². The molecule has 0 bridgehead atoms. The van der Waals surface area contributed by atoms with Gasteiger partial charge in [0.25, 0.3) is 0 Å². The van der Waals surface area contributed by atoms with Gasteiger partial charge < -0.3 is 5.73 Å². The molecule has 0 amide bonds. The van der Waals surface area contributed by atoms with E-state index in [1.807, 2.05) is 6.92 Å². The topological polar surface area (TPSA) is 78.5 Å². The summed E-state index contributed by atoms with van der Waals surface area (Å²) in [5.74, 6) is 0.909. The van der Waals surface area contributed by atoms with Crippen molar-refractivity contribution < 1.29 is 0 Å². The number of aromatic nitrogens is 2. The van der Waals surface area contributed by atoms with Crippen LogP contribution in [0.5, 0.6) is 0 Å². The van der Waals surface area contributed by atoms with Gasteiger partial charge >= 0.3 is 0 Å². The Kier molecular flexibility index (Phi) is 2.75. The maximum atomic E-state index is 7.25. The molecule has 1 aromatic heterocycles. The van der Waals surface area contributed by atoms with Gasteiger partial charge in [-0.15, -0.1) is 0 Å². The van der Waals surface area contributed by atoms with E-state index >= 15 is 0 Å². The second-order valence-corrected chi connectivity index (χ2v) is 4.37. The van der Waals surface area contributed by atoms with E-state index in [2.05, 4.69) is 10.2 Å². The molecule has 0 radical (unpaired) electrons. The number of hydrogen-bond acceptors (Lipinski definition) is 2. The van der Waals surface area contributed by atoms with Crippen LogP contribution in [0.1, 0.15) is 48.6 Å². The first-order chi connectivity index (χ1) is 7.18. The maximum absolute atomic E-state index is 7.25. The Morgan fingerprint density at radius 1 is 1.60 bits per heavy atom. The van der Waals surface area contributed by atoms with Crippen LogP contribution in [0.4, 0.5) is 0 Å². The monoisotopic (exact) mass is 206 g/mol. The van der Waals surface area contributed by atoms with Crippen LogP contribution in [0.15, 0.2) is 0 Å². The van der Waals surface area contributed by atoms with E-state index in [4.69, 9.17) is 11.1 Å². The first-order valence-electron chi connectivity index (χ1n) is 5.55. The Hall–Kier alpha value is -1.32. The molecule has 0 saturated heterocycles.